The number of aliphatic hydroxyl groups excluding tert-OH is 2. The van der Waals surface area contributed by atoms with Crippen LogP contribution >= 0.6 is 0 Å². The number of nitrogens with one attached hydrogen (secondary N) is 1. The molecule has 5 atom stereocenters. The van der Waals surface area contributed by atoms with Gasteiger partial charge < -0.3 is 36.2 Å². The Kier molecular flexibility index (Phi) is 7.18. The second-order valence-corrected chi connectivity index (χ2v) is 11.4. The van der Waals surface area contributed by atoms with Crippen LogP contribution in [0.15, 0.2) is 29.0 Å². The van der Waals surface area contributed by atoms with Crippen LogP contribution in [0.25, 0.3) is 5.76 Å². The van der Waals surface area contributed by atoms with Crippen LogP contribution in [0, 0.1) is 11.8 Å². The maximum atomic E-state index is 13.9. The molecule has 0 bridgehead atoms. The van der Waals surface area contributed by atoms with Crippen molar-refractivity contribution in [1.82, 2.24) is 9.80 Å². The molecule has 3 unspecified atom stereocenters. The monoisotopic (exact) mass is 570 g/mol. The number of carbonyl (C=O) groups is 4. The molecule has 4 aliphatic rings. The first-order valence-corrected chi connectivity index (χ1v) is 13.4. The zero-order valence-electron chi connectivity index (χ0n) is 23.0. The van der Waals surface area contributed by atoms with Gasteiger partial charge in [0.2, 0.25) is 11.7 Å². The van der Waals surface area contributed by atoms with Gasteiger partial charge in [-0.25, -0.2) is 0 Å². The Hall–Kier alpha value is -3.78. The standard InChI is InChI=1S/C28H34N4O9/c1-12-11-41-7-6-32(12)10-17(33)30-16-5-4-13-8-14-9-15-21(31(2)3)24(36)20(27(29)39)26(38)28(15,40)25(37)19(14)23(35)18(13)22(16)34/h4-5,12,14-15,21,34-35,38,40H,6-11H2,1-3H3,(H2,29,39)(H,30,33)/t12?,14?,15?,21-,28-/m0/s1. The van der Waals surface area contributed by atoms with Crippen molar-refractivity contribution in [2.75, 3.05) is 45.7 Å². The lowest BCUT2D eigenvalue weighted by Gasteiger charge is -2.50. The molecule has 13 heteroatoms. The van der Waals surface area contributed by atoms with Crippen molar-refractivity contribution in [1.29, 1.82) is 0 Å². The van der Waals surface area contributed by atoms with E-state index >= 15 is 0 Å². The third-order valence-electron chi connectivity index (χ3n) is 8.72. The lowest BCUT2D eigenvalue weighted by molar-refractivity contribution is -0.153. The molecule has 2 amide bonds. The van der Waals surface area contributed by atoms with Crippen LogP contribution in [0.1, 0.15) is 24.5 Å². The number of ether oxygens (including phenoxy) is 1. The zero-order valence-corrected chi connectivity index (χ0v) is 23.0. The molecule has 0 spiro atoms. The number of carbonyl (C=O) groups excluding carboxylic acids is 4. The molecule has 1 aromatic rings. The average Bonchev–Trinajstić information content (AvgIpc) is 2.89. The number of fused-ring (bicyclic) bond motifs is 3. The highest BCUT2D eigenvalue weighted by Crippen LogP contribution is 2.53. The molecule has 1 saturated heterocycles. The van der Waals surface area contributed by atoms with Crippen LogP contribution in [-0.2, 0) is 30.3 Å². The average molecular weight is 571 g/mol. The quantitative estimate of drug-likeness (QED) is 0.199. The largest absolute Gasteiger partial charge is 0.508 e. The van der Waals surface area contributed by atoms with E-state index in [2.05, 4.69) is 5.32 Å². The number of aromatic hydroxyl groups is 1. The van der Waals surface area contributed by atoms with Crippen LogP contribution in [0.5, 0.6) is 5.75 Å². The number of aliphatic hydroxyl groups is 3. The van der Waals surface area contributed by atoms with E-state index in [9.17, 15) is 39.6 Å². The van der Waals surface area contributed by atoms with E-state index in [1.165, 1.54) is 11.0 Å². The molecule has 220 valence electrons. The number of hydrogen-bond donors (Lipinski definition) is 6. The zero-order chi connectivity index (χ0) is 30.0. The van der Waals surface area contributed by atoms with Crippen LogP contribution in [0.2, 0.25) is 0 Å². The summed E-state index contributed by atoms with van der Waals surface area (Å²) in [5, 5.41) is 47.7. The number of Topliss-reactive ketones (excluding diaryl/α,β-unsaturated/α-hetero) is 2. The Bertz CT molecular complexity index is 1420. The molecule has 1 aromatic carbocycles. The van der Waals surface area contributed by atoms with Gasteiger partial charge in [0.05, 0.1) is 37.1 Å². The minimum absolute atomic E-state index is 0.00272. The fourth-order valence-corrected chi connectivity index (χ4v) is 6.69. The first kappa shape index (κ1) is 28.7. The van der Waals surface area contributed by atoms with Gasteiger partial charge in [-0.15, -0.1) is 0 Å². The number of nitrogens with zero attached hydrogens (tertiary/aromatic N) is 2. The summed E-state index contributed by atoms with van der Waals surface area (Å²) in [6, 6.07) is 2.02. The van der Waals surface area contributed by atoms with Crippen molar-refractivity contribution in [3.8, 4) is 5.75 Å². The molecule has 2 fully saturated rings. The highest BCUT2D eigenvalue weighted by atomic mass is 16.5. The Morgan fingerprint density at radius 3 is 2.56 bits per heavy atom. The van der Waals surface area contributed by atoms with Gasteiger partial charge in [-0.05, 0) is 51.4 Å². The van der Waals surface area contributed by atoms with Crippen molar-refractivity contribution in [2.45, 2.75) is 37.5 Å². The highest BCUT2D eigenvalue weighted by Gasteiger charge is 2.64. The van der Waals surface area contributed by atoms with Crippen molar-refractivity contribution < 1.29 is 44.3 Å². The topological polar surface area (TPSA) is 203 Å². The molecule has 0 aromatic heterocycles. The second kappa shape index (κ2) is 10.2. The van der Waals surface area contributed by atoms with E-state index in [4.69, 9.17) is 10.5 Å². The Morgan fingerprint density at radius 2 is 1.93 bits per heavy atom. The molecule has 3 aliphatic carbocycles. The number of ketones is 2. The molecular weight excluding hydrogens is 536 g/mol. The van der Waals surface area contributed by atoms with Gasteiger partial charge in [0.1, 0.15) is 22.8 Å². The van der Waals surface area contributed by atoms with Gasteiger partial charge in [0.15, 0.2) is 11.4 Å². The number of hydrogen-bond acceptors (Lipinski definition) is 11. The van der Waals surface area contributed by atoms with Crippen LogP contribution in [0.4, 0.5) is 5.69 Å². The number of benzene rings is 1. The maximum Gasteiger partial charge on any atom is 0.255 e. The summed E-state index contributed by atoms with van der Waals surface area (Å²) in [4.78, 5) is 55.3. The minimum atomic E-state index is -2.71. The fraction of sp³-hybridized carbons (Fsp3) is 0.500. The van der Waals surface area contributed by atoms with E-state index in [-0.39, 0.29) is 42.3 Å². The van der Waals surface area contributed by atoms with Gasteiger partial charge in [0, 0.05) is 24.1 Å². The number of phenols is 1. The molecule has 13 nitrogen and oxygen atoms in total. The van der Waals surface area contributed by atoms with Crippen LogP contribution < -0.4 is 11.1 Å². The molecule has 1 heterocycles. The van der Waals surface area contributed by atoms with Crippen molar-refractivity contribution in [2.24, 2.45) is 17.6 Å². The number of phenolic OH excluding ortho intramolecular Hbond substituents is 1. The molecular formula is C28H34N4O9. The lowest BCUT2D eigenvalue weighted by Crippen LogP contribution is -2.65. The summed E-state index contributed by atoms with van der Waals surface area (Å²) in [7, 11) is 3.09. The first-order valence-electron chi connectivity index (χ1n) is 13.4. The van der Waals surface area contributed by atoms with E-state index in [1.54, 1.807) is 20.2 Å². The summed E-state index contributed by atoms with van der Waals surface area (Å²) >= 11 is 0. The number of nitrogens with two attached hydrogens (primary N) is 1. The van der Waals surface area contributed by atoms with E-state index in [0.717, 1.165) is 0 Å². The molecule has 7 N–H and O–H groups in total. The third kappa shape index (κ3) is 4.40. The van der Waals surface area contributed by atoms with Gasteiger partial charge in [-0.2, -0.15) is 0 Å². The third-order valence-corrected chi connectivity index (χ3v) is 8.72. The Labute approximate surface area is 235 Å². The van der Waals surface area contributed by atoms with Crippen LogP contribution in [0.3, 0.4) is 0 Å². The summed E-state index contributed by atoms with van der Waals surface area (Å²) < 4.78 is 5.39. The van der Waals surface area contributed by atoms with E-state index < -0.39 is 69.7 Å². The first-order chi connectivity index (χ1) is 19.3. The maximum absolute atomic E-state index is 13.9. The Morgan fingerprint density at radius 1 is 1.22 bits per heavy atom. The van der Waals surface area contributed by atoms with Gasteiger partial charge >= 0.3 is 0 Å². The van der Waals surface area contributed by atoms with Gasteiger partial charge in [0.25, 0.3) is 5.91 Å². The number of amides is 2. The van der Waals surface area contributed by atoms with Crippen LogP contribution in [-0.4, -0.2) is 112 Å². The summed E-state index contributed by atoms with van der Waals surface area (Å²) in [6.45, 7) is 3.56. The second-order valence-electron chi connectivity index (χ2n) is 11.4. The SMILES string of the molecule is CC1COCCN1CC(=O)Nc1ccc2c(c1O)C(O)=C1C(=O)[C@]3(O)C(O)=C(C(N)=O)C(=O)[C@@H](N(C)C)C3CC1C2. The van der Waals surface area contributed by atoms with Gasteiger partial charge in [-0.1, -0.05) is 6.07 Å². The van der Waals surface area contributed by atoms with Crippen molar-refractivity contribution in [3.63, 3.8) is 0 Å². The Balaban J connectivity index is 1.53. The number of primary amides is 1. The normalized spacial score (nSPS) is 30.2. The lowest BCUT2D eigenvalue weighted by atomic mass is 9.57. The van der Waals surface area contributed by atoms with E-state index in [1.807, 2.05) is 11.8 Å². The highest BCUT2D eigenvalue weighted by molar-refractivity contribution is 6.24. The predicted molar refractivity (Wildman–Crippen MR) is 145 cm³/mol. The summed E-state index contributed by atoms with van der Waals surface area (Å²) in [5.41, 5.74) is 1.95. The smallest absolute Gasteiger partial charge is 0.255 e. The number of morpholine rings is 1. The molecule has 1 saturated carbocycles. The fourth-order valence-electron chi connectivity index (χ4n) is 6.69. The van der Waals surface area contributed by atoms with E-state index in [0.29, 0.717) is 25.3 Å². The summed E-state index contributed by atoms with van der Waals surface area (Å²) in [5.74, 6) is -7.61. The molecule has 41 heavy (non-hydrogen) atoms. The van der Waals surface area contributed by atoms with Crippen molar-refractivity contribution in [3.05, 3.63) is 40.2 Å². The number of likely N-dealkylation sites (N-methyl/N-ethyl adjacent to an activating group) is 1. The number of anilines is 1. The molecule has 1 aliphatic heterocycles. The minimum Gasteiger partial charge on any atom is -0.508 e. The molecule has 0 radical (unpaired) electrons. The van der Waals surface area contributed by atoms with Crippen molar-refractivity contribution >= 4 is 34.8 Å². The molecule has 5 rings (SSSR count). The number of rotatable bonds is 5. The predicted octanol–water partition coefficient (Wildman–Crippen LogP) is -0.377. The van der Waals surface area contributed by atoms with Gasteiger partial charge in [-0.3, -0.25) is 29.0 Å². The summed E-state index contributed by atoms with van der Waals surface area (Å²) in [6.07, 6.45) is 0.171.